The molecule has 1 aromatic heterocycles. The summed E-state index contributed by atoms with van der Waals surface area (Å²) in [5.41, 5.74) is 2.81. The van der Waals surface area contributed by atoms with E-state index in [0.717, 1.165) is 29.7 Å². The van der Waals surface area contributed by atoms with E-state index in [-0.39, 0.29) is 5.69 Å². The number of aryl methyl sites for hydroxylation is 2. The number of nitrogens with one attached hydrogen (secondary N) is 1. The van der Waals surface area contributed by atoms with Crippen LogP contribution in [-0.4, -0.2) is 21.1 Å². The van der Waals surface area contributed by atoms with Crippen molar-refractivity contribution in [2.75, 3.05) is 11.9 Å². The Balaban J connectivity index is 2.52. The van der Waals surface area contributed by atoms with Crippen LogP contribution in [0.15, 0.2) is 42.0 Å². The molecule has 2 aromatic rings. The maximum absolute atomic E-state index is 12.3. The maximum atomic E-state index is 12.3. The molecule has 2 rings (SSSR count). The molecule has 0 fully saturated rings. The molecule has 0 bridgehead atoms. The zero-order valence-corrected chi connectivity index (χ0v) is 12.5. The summed E-state index contributed by atoms with van der Waals surface area (Å²) in [6.07, 6.45) is 4.93. The summed E-state index contributed by atoms with van der Waals surface area (Å²) < 4.78 is 1.52. The van der Waals surface area contributed by atoms with Crippen LogP contribution in [0.5, 0.6) is 0 Å². The van der Waals surface area contributed by atoms with E-state index in [0.29, 0.717) is 12.5 Å². The summed E-state index contributed by atoms with van der Waals surface area (Å²) in [5.74, 6) is 0.322. The van der Waals surface area contributed by atoms with Crippen LogP contribution in [0.25, 0.3) is 5.69 Å². The molecule has 0 aliphatic heterocycles. The first kappa shape index (κ1) is 15.0. The Bertz CT molecular complexity index is 669. The summed E-state index contributed by atoms with van der Waals surface area (Å²) in [4.78, 5) is 20.5. The van der Waals surface area contributed by atoms with E-state index in [1.165, 1.54) is 10.9 Å². The second kappa shape index (κ2) is 6.83. The molecule has 21 heavy (non-hydrogen) atoms. The van der Waals surface area contributed by atoms with E-state index in [9.17, 15) is 4.79 Å². The van der Waals surface area contributed by atoms with Crippen LogP contribution in [0.3, 0.4) is 0 Å². The van der Waals surface area contributed by atoms with Crippen molar-refractivity contribution in [2.24, 2.45) is 0 Å². The fourth-order valence-corrected chi connectivity index (χ4v) is 2.26. The summed E-state index contributed by atoms with van der Waals surface area (Å²) in [6.45, 7) is 8.28. The van der Waals surface area contributed by atoms with Crippen molar-refractivity contribution in [3.63, 3.8) is 0 Å². The van der Waals surface area contributed by atoms with Gasteiger partial charge >= 0.3 is 5.69 Å². The summed E-state index contributed by atoms with van der Waals surface area (Å²) >= 11 is 0. The summed E-state index contributed by atoms with van der Waals surface area (Å²) in [6, 6.07) is 6.09. The molecule has 0 saturated carbocycles. The largest absolute Gasteiger partial charge is 0.356 e. The van der Waals surface area contributed by atoms with Crippen LogP contribution in [0.1, 0.15) is 25.0 Å². The van der Waals surface area contributed by atoms with Crippen molar-refractivity contribution in [1.82, 2.24) is 14.5 Å². The zero-order valence-electron chi connectivity index (χ0n) is 12.5. The Morgan fingerprint density at radius 2 is 1.95 bits per heavy atom. The molecule has 5 heteroatoms. The highest BCUT2D eigenvalue weighted by atomic mass is 16.1. The molecule has 0 aliphatic carbocycles. The van der Waals surface area contributed by atoms with E-state index in [1.54, 1.807) is 6.08 Å². The zero-order chi connectivity index (χ0) is 15.2. The van der Waals surface area contributed by atoms with Gasteiger partial charge in [-0.1, -0.05) is 38.1 Å². The minimum Gasteiger partial charge on any atom is -0.351 e. The number of hydrogen-bond acceptors (Lipinski definition) is 4. The quantitative estimate of drug-likeness (QED) is 0.827. The van der Waals surface area contributed by atoms with E-state index in [1.807, 2.05) is 18.2 Å². The highest BCUT2D eigenvalue weighted by Crippen LogP contribution is 2.19. The van der Waals surface area contributed by atoms with Gasteiger partial charge in [-0.05, 0) is 24.0 Å². The number of aromatic nitrogens is 3. The van der Waals surface area contributed by atoms with Crippen LogP contribution in [0, 0.1) is 0 Å². The number of para-hydroxylation sites is 1. The number of anilines is 1. The van der Waals surface area contributed by atoms with Gasteiger partial charge in [-0.15, -0.1) is 6.58 Å². The van der Waals surface area contributed by atoms with Crippen molar-refractivity contribution < 1.29 is 0 Å². The van der Waals surface area contributed by atoms with Crippen molar-refractivity contribution in [2.45, 2.75) is 26.7 Å². The van der Waals surface area contributed by atoms with Gasteiger partial charge in [0.1, 0.15) is 6.33 Å². The van der Waals surface area contributed by atoms with Crippen molar-refractivity contribution in [1.29, 1.82) is 0 Å². The molecule has 0 spiro atoms. The molecule has 110 valence electrons. The van der Waals surface area contributed by atoms with E-state index < -0.39 is 0 Å². The van der Waals surface area contributed by atoms with Crippen LogP contribution in [-0.2, 0) is 12.8 Å². The first-order chi connectivity index (χ1) is 10.2. The average Bonchev–Trinajstić information content (AvgIpc) is 2.52. The Kier molecular flexibility index (Phi) is 4.87. The third-order valence-corrected chi connectivity index (χ3v) is 3.31. The molecule has 0 amide bonds. The van der Waals surface area contributed by atoms with Gasteiger partial charge in [0.05, 0.1) is 5.69 Å². The SMILES string of the molecule is C=CCNc1ncn(-c2c(CC)cccc2CC)c(=O)n1. The highest BCUT2D eigenvalue weighted by Gasteiger charge is 2.11. The van der Waals surface area contributed by atoms with Gasteiger partial charge in [-0.2, -0.15) is 4.98 Å². The predicted molar refractivity (Wildman–Crippen MR) is 85.1 cm³/mol. The Morgan fingerprint density at radius 3 is 2.48 bits per heavy atom. The lowest BCUT2D eigenvalue weighted by molar-refractivity contribution is 0.835. The average molecular weight is 284 g/mol. The molecular weight excluding hydrogens is 264 g/mol. The third-order valence-electron chi connectivity index (χ3n) is 3.31. The smallest absolute Gasteiger partial charge is 0.351 e. The number of nitrogens with zero attached hydrogens (tertiary/aromatic N) is 3. The van der Waals surface area contributed by atoms with Gasteiger partial charge in [0.25, 0.3) is 0 Å². The Labute approximate surface area is 124 Å². The first-order valence-electron chi connectivity index (χ1n) is 7.12. The number of hydrogen-bond donors (Lipinski definition) is 1. The van der Waals surface area contributed by atoms with Gasteiger partial charge < -0.3 is 5.32 Å². The maximum Gasteiger partial charge on any atom is 0.356 e. The minimum atomic E-state index is -0.327. The Morgan fingerprint density at radius 1 is 1.29 bits per heavy atom. The lowest BCUT2D eigenvalue weighted by Gasteiger charge is -2.14. The predicted octanol–water partition coefficient (Wildman–Crippen LogP) is 2.35. The van der Waals surface area contributed by atoms with Crippen molar-refractivity contribution in [3.8, 4) is 5.69 Å². The molecule has 0 unspecified atom stereocenters. The molecule has 0 saturated heterocycles. The molecular formula is C16H20N4O. The van der Waals surface area contributed by atoms with E-state index in [4.69, 9.17) is 0 Å². The molecule has 5 nitrogen and oxygen atoms in total. The number of benzene rings is 1. The van der Waals surface area contributed by atoms with Gasteiger partial charge in [0.15, 0.2) is 0 Å². The first-order valence-corrected chi connectivity index (χ1v) is 7.12. The summed E-state index contributed by atoms with van der Waals surface area (Å²) in [7, 11) is 0. The van der Waals surface area contributed by atoms with Crippen LogP contribution < -0.4 is 11.0 Å². The second-order valence-electron chi connectivity index (χ2n) is 4.63. The fourth-order valence-electron chi connectivity index (χ4n) is 2.26. The normalized spacial score (nSPS) is 10.4. The fraction of sp³-hybridized carbons (Fsp3) is 0.312. The van der Waals surface area contributed by atoms with Gasteiger partial charge in [-0.3, -0.25) is 4.57 Å². The monoisotopic (exact) mass is 284 g/mol. The molecule has 0 aliphatic rings. The minimum absolute atomic E-state index is 0.322. The molecule has 0 radical (unpaired) electrons. The second-order valence-corrected chi connectivity index (χ2v) is 4.63. The number of rotatable bonds is 6. The Hall–Kier alpha value is -2.43. The standard InChI is InChI=1S/C16H20N4O/c1-4-10-17-15-18-11-20(16(21)19-15)14-12(5-2)8-7-9-13(14)6-3/h4,7-9,11H,1,5-6,10H2,2-3H3,(H,17,19,21). The molecule has 0 atom stereocenters. The topological polar surface area (TPSA) is 59.8 Å². The molecule has 1 aromatic carbocycles. The molecule has 1 heterocycles. The van der Waals surface area contributed by atoms with E-state index >= 15 is 0 Å². The third kappa shape index (κ3) is 3.18. The lowest BCUT2D eigenvalue weighted by atomic mass is 10.0. The van der Waals surface area contributed by atoms with Gasteiger partial charge in [-0.25, -0.2) is 9.78 Å². The molecule has 1 N–H and O–H groups in total. The summed E-state index contributed by atoms with van der Waals surface area (Å²) in [5, 5.41) is 2.92. The lowest BCUT2D eigenvalue weighted by Crippen LogP contribution is -2.25. The van der Waals surface area contributed by atoms with Crippen LogP contribution in [0.4, 0.5) is 5.95 Å². The van der Waals surface area contributed by atoms with Crippen molar-refractivity contribution in [3.05, 3.63) is 58.8 Å². The van der Waals surface area contributed by atoms with Gasteiger partial charge in [0.2, 0.25) is 5.95 Å². The highest BCUT2D eigenvalue weighted by molar-refractivity contribution is 5.48. The van der Waals surface area contributed by atoms with Gasteiger partial charge in [0, 0.05) is 6.54 Å². The van der Waals surface area contributed by atoms with Crippen LogP contribution in [0.2, 0.25) is 0 Å². The van der Waals surface area contributed by atoms with Crippen LogP contribution >= 0.6 is 0 Å². The van der Waals surface area contributed by atoms with Crippen molar-refractivity contribution >= 4 is 5.95 Å². The van der Waals surface area contributed by atoms with E-state index in [2.05, 4.69) is 35.7 Å².